The van der Waals surface area contributed by atoms with Crippen molar-refractivity contribution in [1.82, 2.24) is 4.68 Å². The van der Waals surface area contributed by atoms with Crippen molar-refractivity contribution in [2.75, 3.05) is 74.0 Å². The van der Waals surface area contributed by atoms with Gasteiger partial charge in [-0.1, -0.05) is 0 Å². The maximum Gasteiger partial charge on any atom is 0.357 e. The number of hydrogen-bond donors (Lipinski definition) is 0. The average Bonchev–Trinajstić information content (AvgIpc) is 2.95. The van der Waals surface area contributed by atoms with Crippen molar-refractivity contribution in [3.05, 3.63) is 40.3 Å². The van der Waals surface area contributed by atoms with Crippen LogP contribution in [-0.4, -0.2) is 79.6 Å². The summed E-state index contributed by atoms with van der Waals surface area (Å²) in [6.07, 6.45) is 0. The van der Waals surface area contributed by atoms with Gasteiger partial charge in [-0.25, -0.2) is 9.47 Å². The summed E-state index contributed by atoms with van der Waals surface area (Å²) in [6, 6.07) is 6.71. The lowest BCUT2D eigenvalue weighted by Crippen LogP contribution is -2.51. The molecule has 37 heavy (non-hydrogen) atoms. The minimum atomic E-state index is -0.691. The van der Waals surface area contributed by atoms with Crippen molar-refractivity contribution >= 4 is 16.7 Å². The maximum absolute atomic E-state index is 14.0. The number of morpholine rings is 1. The minimum absolute atomic E-state index is 0.0448. The first kappa shape index (κ1) is 26.0. The van der Waals surface area contributed by atoms with Gasteiger partial charge in [0.25, 0.3) is 5.56 Å². The van der Waals surface area contributed by atoms with E-state index in [1.807, 2.05) is 0 Å². The van der Waals surface area contributed by atoms with Crippen LogP contribution in [0.5, 0.6) is 28.7 Å². The monoisotopic (exact) mass is 514 g/mol. The second-order valence-corrected chi connectivity index (χ2v) is 8.06. The van der Waals surface area contributed by atoms with Crippen LogP contribution in [0.2, 0.25) is 0 Å². The zero-order valence-electron chi connectivity index (χ0n) is 21.7. The van der Waals surface area contributed by atoms with Gasteiger partial charge in [0.1, 0.15) is 0 Å². The predicted molar refractivity (Wildman–Crippen MR) is 137 cm³/mol. The Kier molecular flexibility index (Phi) is 7.63. The second kappa shape index (κ2) is 10.9. The highest BCUT2D eigenvalue weighted by atomic mass is 16.5. The van der Waals surface area contributed by atoms with E-state index in [0.29, 0.717) is 77.0 Å². The van der Waals surface area contributed by atoms with Crippen molar-refractivity contribution in [3.8, 4) is 39.9 Å². The summed E-state index contributed by atoms with van der Waals surface area (Å²) in [5.74, 6) is 1.23. The van der Waals surface area contributed by atoms with E-state index in [1.54, 1.807) is 29.3 Å². The number of benzene rings is 2. The molecule has 11 heteroatoms. The summed E-state index contributed by atoms with van der Waals surface area (Å²) in [6.45, 7) is 1.60. The Hall–Kier alpha value is -4.12. The van der Waals surface area contributed by atoms with Crippen LogP contribution in [0.15, 0.2) is 29.1 Å². The van der Waals surface area contributed by atoms with Crippen molar-refractivity contribution in [2.45, 2.75) is 0 Å². The van der Waals surface area contributed by atoms with Gasteiger partial charge >= 0.3 is 5.97 Å². The SMILES string of the molecule is COC(=O)c1c(-c2cc(OC)c(OC)c(OC)c2)c2cc(OC)c(OC)cc2c(=O)n1N1CCOCC1. The zero-order chi connectivity index (χ0) is 26.7. The molecule has 4 rings (SSSR count). The predicted octanol–water partition coefficient (Wildman–Crippen LogP) is 2.47. The highest BCUT2D eigenvalue weighted by Crippen LogP contribution is 2.44. The van der Waals surface area contributed by atoms with Gasteiger partial charge in [-0.15, -0.1) is 0 Å². The zero-order valence-corrected chi connectivity index (χ0v) is 21.7. The van der Waals surface area contributed by atoms with E-state index in [2.05, 4.69) is 0 Å². The van der Waals surface area contributed by atoms with Gasteiger partial charge in [0.2, 0.25) is 5.75 Å². The summed E-state index contributed by atoms with van der Waals surface area (Å²) in [7, 11) is 8.78. The fourth-order valence-electron chi connectivity index (χ4n) is 4.54. The smallest absolute Gasteiger partial charge is 0.357 e. The molecule has 2 heterocycles. The highest BCUT2D eigenvalue weighted by molar-refractivity contribution is 6.08. The molecule has 0 N–H and O–H groups in total. The van der Waals surface area contributed by atoms with Crippen LogP contribution in [-0.2, 0) is 9.47 Å². The number of fused-ring (bicyclic) bond motifs is 1. The van der Waals surface area contributed by atoms with Crippen molar-refractivity contribution in [2.24, 2.45) is 0 Å². The van der Waals surface area contributed by atoms with Crippen LogP contribution in [0.25, 0.3) is 21.9 Å². The molecule has 1 aliphatic rings. The Labute approximate surface area is 213 Å². The van der Waals surface area contributed by atoms with E-state index in [-0.39, 0.29) is 5.69 Å². The van der Waals surface area contributed by atoms with Crippen LogP contribution in [0.4, 0.5) is 0 Å². The normalized spacial score (nSPS) is 13.3. The molecule has 0 atom stereocenters. The quantitative estimate of drug-likeness (QED) is 0.416. The number of pyridine rings is 1. The molecule has 2 aromatic carbocycles. The van der Waals surface area contributed by atoms with E-state index in [0.717, 1.165) is 0 Å². The number of nitrogens with zero attached hydrogens (tertiary/aromatic N) is 2. The number of rotatable bonds is 8. The topological polar surface area (TPSA) is 107 Å². The molecule has 1 fully saturated rings. The fourth-order valence-corrected chi connectivity index (χ4v) is 4.54. The van der Waals surface area contributed by atoms with E-state index in [9.17, 15) is 9.59 Å². The third-order valence-electron chi connectivity index (χ3n) is 6.27. The summed E-state index contributed by atoms with van der Waals surface area (Å²) in [5.41, 5.74) is 0.597. The van der Waals surface area contributed by atoms with Crippen LogP contribution in [0.3, 0.4) is 0 Å². The van der Waals surface area contributed by atoms with E-state index in [1.165, 1.54) is 47.3 Å². The highest BCUT2D eigenvalue weighted by Gasteiger charge is 2.30. The van der Waals surface area contributed by atoms with Crippen molar-refractivity contribution in [1.29, 1.82) is 0 Å². The van der Waals surface area contributed by atoms with Crippen LogP contribution in [0, 0.1) is 0 Å². The lowest BCUT2D eigenvalue weighted by molar-refractivity contribution is 0.0580. The van der Waals surface area contributed by atoms with E-state index in [4.69, 9.17) is 33.2 Å². The molecule has 0 spiro atoms. The Morgan fingerprint density at radius 1 is 0.757 bits per heavy atom. The first-order valence-electron chi connectivity index (χ1n) is 11.5. The lowest BCUT2D eigenvalue weighted by Gasteiger charge is -2.33. The average molecular weight is 515 g/mol. The fraction of sp³-hybridized carbons (Fsp3) is 0.385. The third kappa shape index (κ3) is 4.46. The van der Waals surface area contributed by atoms with Gasteiger partial charge in [-0.05, 0) is 29.8 Å². The van der Waals surface area contributed by atoms with Gasteiger partial charge in [0.15, 0.2) is 28.7 Å². The third-order valence-corrected chi connectivity index (χ3v) is 6.27. The molecule has 1 aliphatic heterocycles. The van der Waals surface area contributed by atoms with Crippen molar-refractivity contribution < 1.29 is 38.0 Å². The van der Waals surface area contributed by atoms with Gasteiger partial charge in [-0.2, -0.15) is 0 Å². The van der Waals surface area contributed by atoms with E-state index >= 15 is 0 Å². The lowest BCUT2D eigenvalue weighted by atomic mass is 9.95. The molecular weight excluding hydrogens is 484 g/mol. The summed E-state index contributed by atoms with van der Waals surface area (Å²) in [4.78, 5) is 27.4. The Morgan fingerprint density at radius 3 is 1.78 bits per heavy atom. The second-order valence-electron chi connectivity index (χ2n) is 8.06. The molecule has 0 bridgehead atoms. The van der Waals surface area contributed by atoms with Gasteiger partial charge in [0.05, 0.1) is 74.3 Å². The summed E-state index contributed by atoms with van der Waals surface area (Å²) in [5, 5.41) is 2.55. The Balaban J connectivity index is 2.23. The van der Waals surface area contributed by atoms with Gasteiger partial charge in [0, 0.05) is 10.9 Å². The van der Waals surface area contributed by atoms with Crippen molar-refractivity contribution in [3.63, 3.8) is 0 Å². The molecule has 0 radical (unpaired) electrons. The number of aromatic nitrogens is 1. The molecular formula is C26H30N2O9. The number of carbonyl (C=O) groups is 1. The molecule has 0 saturated carbocycles. The summed E-state index contributed by atoms with van der Waals surface area (Å²) < 4.78 is 39.7. The Morgan fingerprint density at radius 2 is 1.30 bits per heavy atom. The van der Waals surface area contributed by atoms with Crippen LogP contribution in [0.1, 0.15) is 10.5 Å². The first-order valence-corrected chi connectivity index (χ1v) is 11.5. The molecule has 0 aliphatic carbocycles. The van der Waals surface area contributed by atoms with Crippen LogP contribution < -0.4 is 34.3 Å². The van der Waals surface area contributed by atoms with Crippen LogP contribution >= 0.6 is 0 Å². The Bertz CT molecular complexity index is 1350. The largest absolute Gasteiger partial charge is 0.493 e. The molecule has 0 unspecified atom stereocenters. The molecule has 1 saturated heterocycles. The maximum atomic E-state index is 14.0. The number of carbonyl (C=O) groups excluding carboxylic acids is 1. The summed E-state index contributed by atoms with van der Waals surface area (Å²) >= 11 is 0. The standard InChI is InChI=1S/C26H30N2O9/c1-31-18-13-16-17(14-19(18)32-2)25(29)28(27-7-9-37-10-8-27)23(26(30)36-6)22(16)15-11-20(33-3)24(35-5)21(12-15)34-4/h11-14H,7-10H2,1-6H3. The van der Waals surface area contributed by atoms with Gasteiger partial charge in [-0.3, -0.25) is 4.79 Å². The first-order chi connectivity index (χ1) is 17.9. The number of ether oxygens (including phenoxy) is 7. The molecule has 0 amide bonds. The molecule has 3 aromatic rings. The van der Waals surface area contributed by atoms with E-state index < -0.39 is 11.5 Å². The number of hydrogen-bond acceptors (Lipinski definition) is 10. The minimum Gasteiger partial charge on any atom is -0.493 e. The molecule has 11 nitrogen and oxygen atoms in total. The van der Waals surface area contributed by atoms with Gasteiger partial charge < -0.3 is 38.2 Å². The number of methoxy groups -OCH3 is 6. The number of esters is 1. The molecule has 198 valence electrons. The molecule has 1 aromatic heterocycles.